The van der Waals surface area contributed by atoms with Gasteiger partial charge in [0.05, 0.1) is 11.6 Å². The topological polar surface area (TPSA) is 90.7 Å². The highest BCUT2D eigenvalue weighted by Crippen LogP contribution is 2.18. The first-order valence-corrected chi connectivity index (χ1v) is 8.11. The molecule has 0 aliphatic carbocycles. The molecule has 1 unspecified atom stereocenters. The summed E-state index contributed by atoms with van der Waals surface area (Å²) in [4.78, 5) is 20.6. The first kappa shape index (κ1) is 17.1. The van der Waals surface area contributed by atoms with Gasteiger partial charge in [0.1, 0.15) is 17.8 Å². The highest BCUT2D eigenvalue weighted by molar-refractivity contribution is 6.03. The quantitative estimate of drug-likeness (QED) is 0.736. The predicted molar refractivity (Wildman–Crippen MR) is 99.6 cm³/mol. The Hall–Kier alpha value is -3.72. The molecule has 0 radical (unpaired) electrons. The van der Waals surface area contributed by atoms with Crippen LogP contribution in [0.15, 0.2) is 67.0 Å². The third-order valence-electron chi connectivity index (χ3n) is 3.81. The Morgan fingerprint density at radius 2 is 1.88 bits per heavy atom. The van der Waals surface area contributed by atoms with Crippen molar-refractivity contribution in [1.82, 2.24) is 9.97 Å². The summed E-state index contributed by atoms with van der Waals surface area (Å²) in [6.45, 7) is 2.02. The minimum Gasteiger partial charge on any atom is -0.363 e. The van der Waals surface area contributed by atoms with E-state index in [4.69, 9.17) is 5.26 Å². The highest BCUT2D eigenvalue weighted by atomic mass is 16.1. The lowest BCUT2D eigenvalue weighted by molar-refractivity contribution is 0.102. The maximum Gasteiger partial charge on any atom is 0.274 e. The normalized spacial score (nSPS) is 11.2. The number of hydrogen-bond acceptors (Lipinski definition) is 5. The van der Waals surface area contributed by atoms with Gasteiger partial charge in [-0.25, -0.2) is 9.97 Å². The first-order chi connectivity index (χ1) is 12.7. The molecule has 0 fully saturated rings. The van der Waals surface area contributed by atoms with Crippen molar-refractivity contribution in [1.29, 1.82) is 5.26 Å². The fourth-order valence-electron chi connectivity index (χ4n) is 2.47. The van der Waals surface area contributed by atoms with Crippen molar-refractivity contribution >= 4 is 17.4 Å². The second-order valence-corrected chi connectivity index (χ2v) is 5.71. The number of carbonyl (C=O) groups excluding carboxylic acids is 1. The molecule has 3 rings (SSSR count). The van der Waals surface area contributed by atoms with E-state index in [1.807, 2.05) is 43.3 Å². The van der Waals surface area contributed by atoms with Crippen LogP contribution in [-0.4, -0.2) is 15.9 Å². The van der Waals surface area contributed by atoms with Crippen LogP contribution >= 0.6 is 0 Å². The van der Waals surface area contributed by atoms with Crippen molar-refractivity contribution in [3.8, 4) is 6.07 Å². The van der Waals surface area contributed by atoms with E-state index in [2.05, 4.69) is 20.6 Å². The van der Waals surface area contributed by atoms with Crippen molar-refractivity contribution in [2.24, 2.45) is 0 Å². The molecule has 0 bridgehead atoms. The predicted octanol–water partition coefficient (Wildman–Crippen LogP) is 3.77. The minimum absolute atomic E-state index is 0.0364. The molecule has 3 aromatic rings. The smallest absolute Gasteiger partial charge is 0.274 e. The summed E-state index contributed by atoms with van der Waals surface area (Å²) < 4.78 is 0. The van der Waals surface area contributed by atoms with Gasteiger partial charge in [-0.15, -0.1) is 0 Å². The molecule has 0 aliphatic rings. The monoisotopic (exact) mass is 343 g/mol. The molecule has 1 heterocycles. The maximum atomic E-state index is 12.4. The van der Waals surface area contributed by atoms with Crippen molar-refractivity contribution in [2.45, 2.75) is 13.0 Å². The molecule has 1 amide bonds. The number of anilines is 2. The van der Waals surface area contributed by atoms with Gasteiger partial charge in [0, 0.05) is 17.8 Å². The van der Waals surface area contributed by atoms with Crippen molar-refractivity contribution < 1.29 is 4.79 Å². The van der Waals surface area contributed by atoms with Gasteiger partial charge in [-0.1, -0.05) is 36.4 Å². The summed E-state index contributed by atoms with van der Waals surface area (Å²) in [7, 11) is 0. The number of nitrogens with one attached hydrogen (secondary N) is 2. The molecule has 0 spiro atoms. The minimum atomic E-state index is -0.363. The lowest BCUT2D eigenvalue weighted by atomic mass is 10.1. The fraction of sp³-hybridized carbons (Fsp3) is 0.100. The van der Waals surface area contributed by atoms with E-state index in [0.29, 0.717) is 17.1 Å². The van der Waals surface area contributed by atoms with Crippen LogP contribution in [0.25, 0.3) is 0 Å². The van der Waals surface area contributed by atoms with Gasteiger partial charge in [-0.05, 0) is 30.7 Å². The number of rotatable bonds is 5. The Morgan fingerprint density at radius 3 is 2.65 bits per heavy atom. The number of nitrogens with zero attached hydrogens (tertiary/aromatic N) is 3. The molecule has 6 heteroatoms. The van der Waals surface area contributed by atoms with Crippen LogP contribution in [0.5, 0.6) is 0 Å². The Balaban J connectivity index is 1.72. The Morgan fingerprint density at radius 1 is 1.08 bits per heavy atom. The second-order valence-electron chi connectivity index (χ2n) is 5.71. The molecule has 26 heavy (non-hydrogen) atoms. The van der Waals surface area contributed by atoms with Gasteiger partial charge >= 0.3 is 0 Å². The van der Waals surface area contributed by atoms with Gasteiger partial charge < -0.3 is 10.6 Å². The lowest BCUT2D eigenvalue weighted by Gasteiger charge is -2.15. The van der Waals surface area contributed by atoms with E-state index in [1.165, 1.54) is 6.33 Å². The average molecular weight is 343 g/mol. The van der Waals surface area contributed by atoms with E-state index >= 15 is 0 Å². The first-order valence-electron chi connectivity index (χ1n) is 8.11. The SMILES string of the molecule is CC(Nc1cc(C(=O)Nc2cccc(C#N)c2)ncn1)c1ccccc1. The number of amides is 1. The van der Waals surface area contributed by atoms with Crippen LogP contribution in [-0.2, 0) is 0 Å². The third kappa shape index (κ3) is 4.22. The van der Waals surface area contributed by atoms with Crippen LogP contribution in [0.2, 0.25) is 0 Å². The molecule has 0 aliphatic heterocycles. The number of aromatic nitrogens is 2. The standard InChI is InChI=1S/C20H17N5O/c1-14(16-7-3-2-4-8-16)24-19-11-18(22-13-23-19)20(26)25-17-9-5-6-15(10-17)12-21/h2-11,13-14H,1H3,(H,25,26)(H,22,23,24). The van der Waals surface area contributed by atoms with E-state index in [-0.39, 0.29) is 17.6 Å². The zero-order chi connectivity index (χ0) is 18.4. The van der Waals surface area contributed by atoms with E-state index < -0.39 is 0 Å². The molecule has 0 saturated heterocycles. The summed E-state index contributed by atoms with van der Waals surface area (Å²) >= 11 is 0. The van der Waals surface area contributed by atoms with Crippen LogP contribution in [0, 0.1) is 11.3 Å². The number of nitriles is 1. The van der Waals surface area contributed by atoms with Crippen molar-refractivity contribution in [3.05, 3.63) is 83.8 Å². The molecule has 0 saturated carbocycles. The summed E-state index contributed by atoms with van der Waals surface area (Å²) in [5, 5.41) is 14.9. The van der Waals surface area contributed by atoms with Crippen LogP contribution in [0.4, 0.5) is 11.5 Å². The molecule has 1 aromatic heterocycles. The summed E-state index contributed by atoms with van der Waals surface area (Å²) in [6.07, 6.45) is 1.35. The van der Waals surface area contributed by atoms with Gasteiger partial charge in [-0.3, -0.25) is 4.79 Å². The molecule has 1 atom stereocenters. The molecular formula is C20H17N5O. The fourth-order valence-corrected chi connectivity index (χ4v) is 2.47. The highest BCUT2D eigenvalue weighted by Gasteiger charge is 2.11. The second kappa shape index (κ2) is 7.90. The summed E-state index contributed by atoms with van der Waals surface area (Å²) in [6, 6.07) is 20.3. The molecule has 128 valence electrons. The van der Waals surface area contributed by atoms with Gasteiger partial charge in [0.25, 0.3) is 5.91 Å². The number of benzene rings is 2. The maximum absolute atomic E-state index is 12.4. The van der Waals surface area contributed by atoms with Crippen molar-refractivity contribution in [3.63, 3.8) is 0 Å². The average Bonchev–Trinajstić information content (AvgIpc) is 2.69. The number of carbonyl (C=O) groups is 1. The van der Waals surface area contributed by atoms with Gasteiger partial charge in [-0.2, -0.15) is 5.26 Å². The van der Waals surface area contributed by atoms with Gasteiger partial charge in [0.15, 0.2) is 0 Å². The molecule has 6 nitrogen and oxygen atoms in total. The van der Waals surface area contributed by atoms with E-state index in [9.17, 15) is 4.79 Å². The van der Waals surface area contributed by atoms with E-state index in [0.717, 1.165) is 5.56 Å². The van der Waals surface area contributed by atoms with Crippen molar-refractivity contribution in [2.75, 3.05) is 10.6 Å². The summed E-state index contributed by atoms with van der Waals surface area (Å²) in [5.74, 6) is 0.199. The Labute approximate surface area is 151 Å². The third-order valence-corrected chi connectivity index (χ3v) is 3.81. The van der Waals surface area contributed by atoms with Crippen LogP contribution < -0.4 is 10.6 Å². The van der Waals surface area contributed by atoms with Crippen LogP contribution in [0.3, 0.4) is 0 Å². The van der Waals surface area contributed by atoms with Gasteiger partial charge in [0.2, 0.25) is 0 Å². The summed E-state index contributed by atoms with van der Waals surface area (Å²) in [5.41, 5.74) is 2.37. The molecule has 2 aromatic carbocycles. The largest absolute Gasteiger partial charge is 0.363 e. The Kier molecular flexibility index (Phi) is 5.20. The molecule has 2 N–H and O–H groups in total. The zero-order valence-electron chi connectivity index (χ0n) is 14.2. The van der Waals surface area contributed by atoms with Crippen LogP contribution in [0.1, 0.15) is 34.6 Å². The Bertz CT molecular complexity index is 950. The molecular weight excluding hydrogens is 326 g/mol. The van der Waals surface area contributed by atoms with E-state index in [1.54, 1.807) is 30.3 Å². The lowest BCUT2D eigenvalue weighted by Crippen LogP contribution is -2.15. The zero-order valence-corrected chi connectivity index (χ0v) is 14.2. The number of hydrogen-bond donors (Lipinski definition) is 2.